The van der Waals surface area contributed by atoms with Crippen molar-refractivity contribution in [1.29, 1.82) is 0 Å². The number of benzene rings is 1. The predicted molar refractivity (Wildman–Crippen MR) is 74.5 cm³/mol. The molecule has 0 atom stereocenters. The molecular weight excluding hydrogens is 266 g/mol. The predicted octanol–water partition coefficient (Wildman–Crippen LogP) is 2.70. The molecule has 0 unspecified atom stereocenters. The minimum absolute atomic E-state index is 0.155. The Balaban J connectivity index is 2.72. The third kappa shape index (κ3) is 2.63. The lowest BCUT2D eigenvalue weighted by Gasteiger charge is -2.11. The van der Waals surface area contributed by atoms with Crippen LogP contribution in [0.15, 0.2) is 21.3 Å². The molecule has 0 fully saturated rings. The fourth-order valence-corrected chi connectivity index (χ4v) is 2.26. The lowest BCUT2D eigenvalue weighted by Crippen LogP contribution is -2.20. The molecule has 0 saturated carbocycles. The molecule has 0 spiro atoms. The number of fused-ring (bicyclic) bond motifs is 1. The molecule has 100 valence electrons. The van der Waals surface area contributed by atoms with Gasteiger partial charge in [0.2, 0.25) is 5.91 Å². The van der Waals surface area contributed by atoms with Crippen LogP contribution in [0.1, 0.15) is 23.6 Å². The fourth-order valence-electron chi connectivity index (χ4n) is 2.11. The monoisotopic (exact) mass is 279 g/mol. The molecular formula is C14H14ClNO3. The number of aryl methyl sites for hydroxylation is 2. The van der Waals surface area contributed by atoms with Gasteiger partial charge in [-0.2, -0.15) is 0 Å². The summed E-state index contributed by atoms with van der Waals surface area (Å²) in [7, 11) is 0. The first kappa shape index (κ1) is 13.6. The van der Waals surface area contributed by atoms with Gasteiger partial charge in [0.25, 0.3) is 0 Å². The molecule has 0 saturated heterocycles. The fraction of sp³-hybridized carbons (Fsp3) is 0.286. The van der Waals surface area contributed by atoms with E-state index in [-0.39, 0.29) is 12.5 Å². The van der Waals surface area contributed by atoms with Gasteiger partial charge < -0.3 is 9.73 Å². The molecule has 2 aromatic rings. The first-order valence-electron chi connectivity index (χ1n) is 5.87. The summed E-state index contributed by atoms with van der Waals surface area (Å²) in [6, 6.07) is 3.13. The third-order valence-corrected chi connectivity index (χ3v) is 3.58. The van der Waals surface area contributed by atoms with Gasteiger partial charge in [-0.15, -0.1) is 0 Å². The van der Waals surface area contributed by atoms with Gasteiger partial charge in [-0.3, -0.25) is 4.79 Å². The van der Waals surface area contributed by atoms with Gasteiger partial charge >= 0.3 is 5.63 Å². The maximum Gasteiger partial charge on any atom is 0.336 e. The maximum absolute atomic E-state index is 11.5. The zero-order valence-electron chi connectivity index (χ0n) is 11.0. The smallest absolute Gasteiger partial charge is 0.336 e. The number of nitrogens with one attached hydrogen (secondary N) is 1. The third-order valence-electron chi connectivity index (χ3n) is 3.00. The minimum Gasteiger partial charge on any atom is -0.423 e. The zero-order valence-corrected chi connectivity index (χ0v) is 11.7. The summed E-state index contributed by atoms with van der Waals surface area (Å²) in [5.41, 5.74) is 2.47. The summed E-state index contributed by atoms with van der Waals surface area (Å²) in [6.45, 7) is 5.43. The Morgan fingerprint density at radius 1 is 1.37 bits per heavy atom. The van der Waals surface area contributed by atoms with Crippen LogP contribution in [0.4, 0.5) is 0 Å². The Labute approximate surface area is 115 Å². The van der Waals surface area contributed by atoms with E-state index >= 15 is 0 Å². The molecule has 4 nitrogen and oxygen atoms in total. The van der Waals surface area contributed by atoms with Gasteiger partial charge in [0, 0.05) is 29.9 Å². The van der Waals surface area contributed by atoms with Crippen molar-refractivity contribution in [2.24, 2.45) is 0 Å². The number of halogens is 1. The highest BCUT2D eigenvalue weighted by molar-refractivity contribution is 6.33. The molecule has 19 heavy (non-hydrogen) atoms. The van der Waals surface area contributed by atoms with E-state index in [1.807, 2.05) is 13.8 Å². The molecule has 0 bridgehead atoms. The van der Waals surface area contributed by atoms with Crippen LogP contribution >= 0.6 is 11.6 Å². The van der Waals surface area contributed by atoms with Crippen LogP contribution < -0.4 is 10.9 Å². The van der Waals surface area contributed by atoms with Crippen molar-refractivity contribution in [3.63, 3.8) is 0 Å². The van der Waals surface area contributed by atoms with Gasteiger partial charge in [-0.05, 0) is 36.6 Å². The van der Waals surface area contributed by atoms with E-state index in [1.54, 1.807) is 6.07 Å². The van der Waals surface area contributed by atoms with E-state index in [0.29, 0.717) is 16.2 Å². The number of rotatable bonds is 2. The molecule has 1 N–H and O–H groups in total. The summed E-state index contributed by atoms with van der Waals surface area (Å²) >= 11 is 6.22. The van der Waals surface area contributed by atoms with Crippen molar-refractivity contribution >= 4 is 28.5 Å². The van der Waals surface area contributed by atoms with E-state index in [1.165, 1.54) is 13.0 Å². The topological polar surface area (TPSA) is 59.3 Å². The first-order chi connectivity index (χ1) is 8.90. The van der Waals surface area contributed by atoms with E-state index in [9.17, 15) is 9.59 Å². The highest BCUT2D eigenvalue weighted by atomic mass is 35.5. The number of carbonyl (C=O) groups excluding carboxylic acids is 1. The van der Waals surface area contributed by atoms with Crippen molar-refractivity contribution in [2.75, 3.05) is 0 Å². The second-order valence-corrected chi connectivity index (χ2v) is 4.88. The summed E-state index contributed by atoms with van der Waals surface area (Å²) in [5.74, 6) is -0.155. The summed E-state index contributed by atoms with van der Waals surface area (Å²) in [6.07, 6.45) is 0. The standard InChI is InChI=1S/C14H14ClNO3/c1-7-4-11-13(8(2)14(7)15)10(5-12(18)19-11)6-16-9(3)17/h4-5H,6H2,1-3H3,(H,16,17). The van der Waals surface area contributed by atoms with Crippen molar-refractivity contribution in [3.05, 3.63) is 44.3 Å². The lowest BCUT2D eigenvalue weighted by atomic mass is 10.0. The van der Waals surface area contributed by atoms with Crippen LogP contribution in [0.3, 0.4) is 0 Å². The van der Waals surface area contributed by atoms with Crippen molar-refractivity contribution in [1.82, 2.24) is 5.32 Å². The van der Waals surface area contributed by atoms with E-state index in [4.69, 9.17) is 16.0 Å². The number of hydrogen-bond acceptors (Lipinski definition) is 3. The second-order valence-electron chi connectivity index (χ2n) is 4.51. The highest BCUT2D eigenvalue weighted by Gasteiger charge is 2.13. The SMILES string of the molecule is CC(=O)NCc1cc(=O)oc2cc(C)c(Cl)c(C)c12. The largest absolute Gasteiger partial charge is 0.423 e. The molecule has 0 radical (unpaired) electrons. The van der Waals surface area contributed by atoms with Gasteiger partial charge in [-0.1, -0.05) is 11.6 Å². The molecule has 0 aliphatic carbocycles. The molecule has 1 amide bonds. The lowest BCUT2D eigenvalue weighted by molar-refractivity contribution is -0.119. The van der Waals surface area contributed by atoms with Crippen LogP contribution in [-0.2, 0) is 11.3 Å². The Morgan fingerprint density at radius 3 is 2.68 bits per heavy atom. The van der Waals surface area contributed by atoms with Crippen LogP contribution in [0, 0.1) is 13.8 Å². The van der Waals surface area contributed by atoms with Crippen molar-refractivity contribution in [2.45, 2.75) is 27.3 Å². The summed E-state index contributed by atoms with van der Waals surface area (Å²) in [4.78, 5) is 22.5. The molecule has 0 aliphatic heterocycles. The quantitative estimate of drug-likeness (QED) is 0.860. The molecule has 0 aliphatic rings. The Hall–Kier alpha value is -1.81. The average molecular weight is 280 g/mol. The molecule has 1 heterocycles. The highest BCUT2D eigenvalue weighted by Crippen LogP contribution is 2.30. The van der Waals surface area contributed by atoms with Crippen molar-refractivity contribution < 1.29 is 9.21 Å². The van der Waals surface area contributed by atoms with Gasteiger partial charge in [0.1, 0.15) is 5.58 Å². The van der Waals surface area contributed by atoms with Crippen LogP contribution in [0.2, 0.25) is 5.02 Å². The number of amides is 1. The number of hydrogen-bond donors (Lipinski definition) is 1. The Bertz CT molecular complexity index is 719. The minimum atomic E-state index is -0.436. The summed E-state index contributed by atoms with van der Waals surface area (Å²) in [5, 5.41) is 4.11. The maximum atomic E-state index is 11.5. The van der Waals surface area contributed by atoms with E-state index in [0.717, 1.165) is 16.5 Å². The van der Waals surface area contributed by atoms with E-state index < -0.39 is 5.63 Å². The Morgan fingerprint density at radius 2 is 2.05 bits per heavy atom. The molecule has 1 aromatic carbocycles. The van der Waals surface area contributed by atoms with Crippen LogP contribution in [0.25, 0.3) is 11.0 Å². The van der Waals surface area contributed by atoms with Gasteiger partial charge in [0.05, 0.1) is 0 Å². The van der Waals surface area contributed by atoms with E-state index in [2.05, 4.69) is 5.32 Å². The van der Waals surface area contributed by atoms with Crippen LogP contribution in [-0.4, -0.2) is 5.91 Å². The average Bonchev–Trinajstić information content (AvgIpc) is 2.32. The summed E-state index contributed by atoms with van der Waals surface area (Å²) < 4.78 is 5.20. The molecule has 1 aromatic heterocycles. The van der Waals surface area contributed by atoms with Gasteiger partial charge in [0.15, 0.2) is 0 Å². The Kier molecular flexibility index (Phi) is 3.62. The second kappa shape index (κ2) is 5.05. The number of carbonyl (C=O) groups is 1. The first-order valence-corrected chi connectivity index (χ1v) is 6.25. The van der Waals surface area contributed by atoms with Gasteiger partial charge in [-0.25, -0.2) is 4.79 Å². The zero-order chi connectivity index (χ0) is 14.2. The normalized spacial score (nSPS) is 10.7. The van der Waals surface area contributed by atoms with Crippen molar-refractivity contribution in [3.8, 4) is 0 Å². The molecule has 5 heteroatoms. The van der Waals surface area contributed by atoms with Crippen LogP contribution in [0.5, 0.6) is 0 Å². The molecule has 2 rings (SSSR count).